The van der Waals surface area contributed by atoms with Crippen LogP contribution in [0.5, 0.6) is 0 Å². The average Bonchev–Trinajstić information content (AvgIpc) is 3.00. The fourth-order valence-corrected chi connectivity index (χ4v) is 10.3. The van der Waals surface area contributed by atoms with Crippen molar-refractivity contribution in [3.05, 3.63) is 169 Å². The molecule has 0 amide bonds. The molecule has 0 spiro atoms. The summed E-state index contributed by atoms with van der Waals surface area (Å²) in [6, 6.07) is 60.2. The van der Waals surface area contributed by atoms with Crippen LogP contribution in [0.3, 0.4) is 0 Å². The SMILES string of the molecule is Cc1ccc(-c2ccc(-c3ccc([Si-](c4ccccc4)(c4ccccc4)c4ccccc4)cc3)cc2)cc1. The van der Waals surface area contributed by atoms with Gasteiger partial charge in [-0.2, -0.15) is 20.7 Å². The molecule has 183 valence electrons. The van der Waals surface area contributed by atoms with Gasteiger partial charge in [0.1, 0.15) is 0 Å². The van der Waals surface area contributed by atoms with Gasteiger partial charge < -0.3 is 0 Å². The van der Waals surface area contributed by atoms with Crippen LogP contribution in [-0.4, -0.2) is 8.07 Å². The maximum atomic E-state index is 2.36. The van der Waals surface area contributed by atoms with Gasteiger partial charge in [0.25, 0.3) is 0 Å². The Morgan fingerprint density at radius 3 is 0.895 bits per heavy atom. The number of aryl methyl sites for hydroxylation is 1. The monoisotopic (exact) mass is 502 g/mol. The number of benzene rings is 6. The van der Waals surface area contributed by atoms with Crippen LogP contribution in [0.25, 0.3) is 22.3 Å². The highest BCUT2D eigenvalue weighted by Crippen LogP contribution is 2.25. The van der Waals surface area contributed by atoms with Gasteiger partial charge in [0.2, 0.25) is 0 Å². The Kier molecular flexibility index (Phi) is 6.60. The largest absolute Gasteiger partial charge is 0.171 e. The first kappa shape index (κ1) is 23.9. The van der Waals surface area contributed by atoms with E-state index < -0.39 is 8.07 Å². The smallest absolute Gasteiger partial charge is 0.0184 e. The molecule has 0 unspecified atom stereocenters. The van der Waals surface area contributed by atoms with E-state index in [0.29, 0.717) is 0 Å². The van der Waals surface area contributed by atoms with E-state index in [0.717, 1.165) is 0 Å². The van der Waals surface area contributed by atoms with Gasteiger partial charge >= 0.3 is 0 Å². The lowest BCUT2D eigenvalue weighted by Crippen LogP contribution is -2.74. The lowest BCUT2D eigenvalue weighted by molar-refractivity contribution is 1.47. The van der Waals surface area contributed by atoms with Crippen molar-refractivity contribution in [2.24, 2.45) is 0 Å². The van der Waals surface area contributed by atoms with E-state index in [9.17, 15) is 0 Å². The predicted molar refractivity (Wildman–Crippen MR) is 166 cm³/mol. The van der Waals surface area contributed by atoms with Crippen LogP contribution in [0, 0.1) is 6.92 Å². The lowest BCUT2D eigenvalue weighted by Gasteiger charge is -2.47. The van der Waals surface area contributed by atoms with Gasteiger partial charge in [0.15, 0.2) is 0 Å². The molecule has 0 fully saturated rings. The molecule has 0 nitrogen and oxygen atoms in total. The molecule has 38 heavy (non-hydrogen) atoms. The van der Waals surface area contributed by atoms with E-state index in [4.69, 9.17) is 0 Å². The molecule has 0 aliphatic rings. The van der Waals surface area contributed by atoms with Gasteiger partial charge in [-0.3, -0.25) is 0 Å². The topological polar surface area (TPSA) is 0 Å². The van der Waals surface area contributed by atoms with Crippen LogP contribution in [0.1, 0.15) is 5.56 Å². The number of hydrogen-bond acceptors (Lipinski definition) is 0. The van der Waals surface area contributed by atoms with E-state index in [1.165, 1.54) is 48.6 Å². The molecular formula is C37H30Si-. The highest BCUT2D eigenvalue weighted by Gasteiger charge is 2.27. The van der Waals surface area contributed by atoms with Crippen LogP contribution in [0.2, 0.25) is 0 Å². The summed E-state index contributed by atoms with van der Waals surface area (Å²) in [5.74, 6) is 0. The first-order valence-corrected chi connectivity index (χ1v) is 15.2. The van der Waals surface area contributed by atoms with E-state index in [2.05, 4.69) is 171 Å². The maximum absolute atomic E-state index is 2.48. The summed E-state index contributed by atoms with van der Waals surface area (Å²) in [7, 11) is -2.48. The van der Waals surface area contributed by atoms with E-state index in [1.807, 2.05) is 0 Å². The molecule has 1 heteroatoms. The quantitative estimate of drug-likeness (QED) is 0.175. The van der Waals surface area contributed by atoms with Crippen molar-refractivity contribution in [2.75, 3.05) is 0 Å². The number of rotatable bonds is 6. The Morgan fingerprint density at radius 1 is 0.289 bits per heavy atom. The van der Waals surface area contributed by atoms with Gasteiger partial charge in [-0.25, -0.2) is 0 Å². The Labute approximate surface area is 226 Å². The van der Waals surface area contributed by atoms with Crippen molar-refractivity contribution in [3.63, 3.8) is 0 Å². The van der Waals surface area contributed by atoms with E-state index in [1.54, 1.807) is 0 Å². The second-order valence-corrected chi connectivity index (χ2v) is 13.7. The zero-order valence-electron chi connectivity index (χ0n) is 21.6. The Morgan fingerprint density at radius 2 is 0.553 bits per heavy atom. The van der Waals surface area contributed by atoms with Crippen molar-refractivity contribution >= 4 is 28.8 Å². The zero-order chi connectivity index (χ0) is 25.8. The van der Waals surface area contributed by atoms with Gasteiger partial charge in [-0.05, 0) is 37.3 Å². The van der Waals surface area contributed by atoms with Crippen LogP contribution in [0.15, 0.2) is 164 Å². The lowest BCUT2D eigenvalue weighted by atomic mass is 10.00. The van der Waals surface area contributed by atoms with E-state index in [-0.39, 0.29) is 0 Å². The second-order valence-electron chi connectivity index (χ2n) is 9.87. The molecule has 0 atom stereocenters. The zero-order valence-corrected chi connectivity index (χ0v) is 22.6. The van der Waals surface area contributed by atoms with Gasteiger partial charge in [-0.1, -0.05) is 169 Å². The summed E-state index contributed by atoms with van der Waals surface area (Å²) in [5.41, 5.74) is 6.25. The molecular weight excluding hydrogens is 472 g/mol. The Balaban J connectivity index is 1.45. The standard InChI is InChI=1S/C37H30Si/c1-29-17-19-30(20-18-29)31-21-23-32(24-22-31)33-25-27-37(28-26-33)38(34-11-5-2-6-12-34,35-13-7-3-8-14-35)36-15-9-4-10-16-36/h2-28H,1H3/q-1. The normalized spacial score (nSPS) is 11.3. The molecule has 6 aromatic carbocycles. The summed E-state index contributed by atoms with van der Waals surface area (Å²) in [4.78, 5) is 0. The van der Waals surface area contributed by atoms with Gasteiger partial charge in [0, 0.05) is 0 Å². The average molecular weight is 503 g/mol. The third-order valence-electron chi connectivity index (χ3n) is 7.54. The molecule has 0 aromatic heterocycles. The minimum Gasteiger partial charge on any atom is -0.171 e. The molecule has 0 radical (unpaired) electrons. The van der Waals surface area contributed by atoms with Crippen molar-refractivity contribution in [2.45, 2.75) is 6.92 Å². The molecule has 0 heterocycles. The molecule has 0 aliphatic carbocycles. The first-order chi connectivity index (χ1) is 18.7. The second kappa shape index (κ2) is 10.5. The third kappa shape index (κ3) is 4.42. The van der Waals surface area contributed by atoms with Crippen LogP contribution in [-0.2, 0) is 0 Å². The Bertz CT molecular complexity index is 1510. The third-order valence-corrected chi connectivity index (χ3v) is 12.3. The van der Waals surface area contributed by atoms with Crippen LogP contribution in [0.4, 0.5) is 0 Å². The number of hydrogen-bond donors (Lipinski definition) is 0. The van der Waals surface area contributed by atoms with Crippen LogP contribution < -0.4 is 20.7 Å². The molecule has 0 saturated carbocycles. The van der Waals surface area contributed by atoms with Crippen molar-refractivity contribution < 1.29 is 0 Å². The minimum atomic E-state index is -2.48. The van der Waals surface area contributed by atoms with Crippen molar-refractivity contribution in [1.29, 1.82) is 0 Å². The van der Waals surface area contributed by atoms with Crippen molar-refractivity contribution in [3.8, 4) is 22.3 Å². The predicted octanol–water partition coefficient (Wildman–Crippen LogP) is 6.71. The summed E-state index contributed by atoms with van der Waals surface area (Å²) in [6.45, 7) is 2.13. The van der Waals surface area contributed by atoms with Gasteiger partial charge in [0.05, 0.1) is 0 Å². The molecule has 6 aromatic rings. The highest BCUT2D eigenvalue weighted by molar-refractivity contribution is 7.19. The molecule has 0 bridgehead atoms. The summed E-state index contributed by atoms with van der Waals surface area (Å²) in [6.07, 6.45) is 0. The Hall–Kier alpha value is -4.46. The molecule has 0 N–H and O–H groups in total. The highest BCUT2D eigenvalue weighted by atomic mass is 28.3. The van der Waals surface area contributed by atoms with Crippen molar-refractivity contribution in [1.82, 2.24) is 0 Å². The van der Waals surface area contributed by atoms with Gasteiger partial charge in [-0.15, -0.1) is 0 Å². The van der Waals surface area contributed by atoms with Crippen LogP contribution >= 0.6 is 0 Å². The summed E-state index contributed by atoms with van der Waals surface area (Å²) in [5, 5.41) is 5.58. The summed E-state index contributed by atoms with van der Waals surface area (Å²) >= 11 is 0. The van der Waals surface area contributed by atoms with E-state index >= 15 is 0 Å². The fourth-order valence-electron chi connectivity index (χ4n) is 5.58. The minimum absolute atomic E-state index is 1.24. The fraction of sp³-hybridized carbons (Fsp3) is 0.0270. The summed E-state index contributed by atoms with van der Waals surface area (Å²) < 4.78 is 0. The molecule has 6 rings (SSSR count). The maximum Gasteiger partial charge on any atom is -0.0184 e. The molecule has 0 aliphatic heterocycles. The first-order valence-electron chi connectivity index (χ1n) is 13.2. The molecule has 0 saturated heterocycles.